The lowest BCUT2D eigenvalue weighted by Gasteiger charge is -2.27. The lowest BCUT2D eigenvalue weighted by Crippen LogP contribution is -2.60. The van der Waals surface area contributed by atoms with E-state index in [-0.39, 0.29) is 81.9 Å². The lowest BCUT2D eigenvalue weighted by atomic mass is 10.1. The van der Waals surface area contributed by atoms with Gasteiger partial charge in [-0.25, -0.2) is 14.8 Å². The van der Waals surface area contributed by atoms with E-state index in [0.29, 0.717) is 50.9 Å². The van der Waals surface area contributed by atoms with Gasteiger partial charge < -0.3 is 91.3 Å². The highest BCUT2D eigenvalue weighted by molar-refractivity contribution is 6.40. The molecular formula is C44H76N18O11. The van der Waals surface area contributed by atoms with Gasteiger partial charge in [0.05, 0.1) is 32.1 Å². The van der Waals surface area contributed by atoms with E-state index in [9.17, 15) is 48.3 Å². The monoisotopic (exact) mass is 1030 g/mol. The number of methoxy groups -OCH3 is 1. The van der Waals surface area contributed by atoms with Crippen molar-refractivity contribution in [2.24, 2.45) is 39.4 Å². The molecule has 29 nitrogen and oxygen atoms in total. The molecule has 1 fully saturated rings. The van der Waals surface area contributed by atoms with Crippen LogP contribution in [0.1, 0.15) is 83.2 Å². The molecule has 8 amide bonds. The second-order valence-electron chi connectivity index (χ2n) is 17.0. The summed E-state index contributed by atoms with van der Waals surface area (Å²) in [5, 5.41) is 35.2. The number of hydrogen-bond acceptors (Lipinski definition) is 18. The number of nitrogens with one attached hydrogen (secondary N) is 9. The Hall–Kier alpha value is -6.92. The Morgan fingerprint density at radius 2 is 1.58 bits per heavy atom. The number of carbonyl (C=O) groups is 9. The Balaban J connectivity index is 2.25. The van der Waals surface area contributed by atoms with E-state index in [1.165, 1.54) is 30.4 Å². The Morgan fingerprint density at radius 1 is 0.890 bits per heavy atom. The lowest BCUT2D eigenvalue weighted by molar-refractivity contribution is -0.138. The average molecular weight is 1030 g/mol. The van der Waals surface area contributed by atoms with Crippen LogP contribution in [0.4, 0.5) is 0 Å². The first-order valence-electron chi connectivity index (χ1n) is 24.1. The summed E-state index contributed by atoms with van der Waals surface area (Å²) in [5.41, 5.74) is 33.7. The maximum Gasteiger partial charge on any atom is 0.354 e. The average Bonchev–Trinajstić information content (AvgIpc) is 4.09. The van der Waals surface area contributed by atoms with Gasteiger partial charge in [0, 0.05) is 37.9 Å². The first-order chi connectivity index (χ1) is 34.8. The van der Waals surface area contributed by atoms with E-state index >= 15 is 0 Å². The maximum absolute atomic E-state index is 14.1. The molecule has 0 saturated carbocycles. The minimum atomic E-state index is -1.57. The summed E-state index contributed by atoms with van der Waals surface area (Å²) < 4.78 is 4.82. The third kappa shape index (κ3) is 22.2. The molecule has 1 aliphatic rings. The number of imidazole rings is 1. The summed E-state index contributed by atoms with van der Waals surface area (Å²) >= 11 is 0. The van der Waals surface area contributed by atoms with E-state index in [4.69, 9.17) is 44.5 Å². The van der Waals surface area contributed by atoms with Gasteiger partial charge in [0.2, 0.25) is 35.4 Å². The number of carbonyl (C=O) groups excluding carboxylic acids is 9. The Morgan fingerprint density at radius 3 is 2.19 bits per heavy atom. The van der Waals surface area contributed by atoms with Crippen LogP contribution in [0.15, 0.2) is 29.3 Å². The third-order valence-electron chi connectivity index (χ3n) is 11.3. The summed E-state index contributed by atoms with van der Waals surface area (Å²) in [5.74, 6) is -7.74. The van der Waals surface area contributed by atoms with Crippen molar-refractivity contribution in [2.75, 3.05) is 52.9 Å². The zero-order valence-corrected chi connectivity index (χ0v) is 41.5. The SMILES string of the molecule is COC(=O)/C(=C/CCNC(=N)N)NC(=O)[C@H](CCCCN)NC(=O)[C@H](Cc1cnc[nH]1)NC(=O)[C@@H]1CCCN1C(=O)/C(CCCN)=N/C(=O)CNC(=O)[C@H](C)NC(=O)[C@@H](NC(=O)[C@@H](N)CCCCN)[C@@H](O)CN. The van der Waals surface area contributed by atoms with Crippen molar-refractivity contribution in [3.8, 4) is 0 Å². The molecule has 0 aliphatic carbocycles. The number of aliphatic imine (C=N–C) groups is 1. The van der Waals surface area contributed by atoms with Crippen molar-refractivity contribution < 1.29 is 53.0 Å². The summed E-state index contributed by atoms with van der Waals surface area (Å²) in [4.78, 5) is 133. The fraction of sp³-hybridized carbons (Fsp3) is 0.636. The van der Waals surface area contributed by atoms with Gasteiger partial charge in [-0.1, -0.05) is 12.5 Å². The van der Waals surface area contributed by atoms with Crippen molar-refractivity contribution in [1.82, 2.24) is 52.1 Å². The van der Waals surface area contributed by atoms with Crippen molar-refractivity contribution in [1.29, 1.82) is 5.41 Å². The Labute approximate surface area is 423 Å². The highest BCUT2D eigenvalue weighted by Crippen LogP contribution is 2.20. The standard InChI is InChI=1S/C44H76N18O11/c1-25(56-41(70)35(33(63)21-48)61-37(66)27(49)10-3-5-15-45)36(65)54-23-34(64)57-29(12-7-17-47)42(71)62-19-9-14-32(62)40(69)60-31(20-26-22-52-24-55-26)39(68)58-28(11-4-6-16-46)38(67)59-30(43(72)73-2)13-8-18-53-44(50)51/h13,22,24-25,27-28,31-33,35,63H,3-12,14-21,23,45-49H2,1-2H3,(H,52,55)(H,54,65)(H,56,70)(H,58,68)(H,59,67)(H,60,69)(H,61,66)(H4,50,51,53)/b30-13-,57-29+/t25-,27-,28-,31-,32-,33-,35-/m0/s1. The quantitative estimate of drug-likeness (QED) is 0.0102. The highest BCUT2D eigenvalue weighted by atomic mass is 16.5. The molecule has 29 heteroatoms. The molecule has 73 heavy (non-hydrogen) atoms. The number of aromatic amines is 1. The molecule has 7 atom stereocenters. The van der Waals surface area contributed by atoms with Crippen molar-refractivity contribution >= 4 is 64.9 Å². The van der Waals surface area contributed by atoms with Gasteiger partial charge in [-0.15, -0.1) is 0 Å². The number of rotatable bonds is 33. The summed E-state index contributed by atoms with van der Waals surface area (Å²) in [6, 6.07) is -7.59. The maximum atomic E-state index is 14.1. The number of hydrogen-bond donors (Lipinski definition) is 16. The molecular weight excluding hydrogens is 957 g/mol. The number of ether oxygens (including phenoxy) is 1. The fourth-order valence-corrected chi connectivity index (χ4v) is 7.24. The molecule has 1 aromatic rings. The van der Waals surface area contributed by atoms with Gasteiger partial charge >= 0.3 is 5.97 Å². The smallest absolute Gasteiger partial charge is 0.354 e. The number of H-pyrrole nitrogens is 1. The molecule has 408 valence electrons. The predicted molar refractivity (Wildman–Crippen MR) is 266 cm³/mol. The molecule has 1 aromatic heterocycles. The molecule has 2 heterocycles. The van der Waals surface area contributed by atoms with E-state index in [1.807, 2.05) is 0 Å². The number of aromatic nitrogens is 2. The number of nitrogens with zero attached hydrogens (tertiary/aromatic N) is 3. The summed E-state index contributed by atoms with van der Waals surface area (Å²) in [6.07, 6.45) is 5.71. The third-order valence-corrected chi connectivity index (χ3v) is 11.3. The molecule has 0 aromatic carbocycles. The second-order valence-corrected chi connectivity index (χ2v) is 17.0. The van der Waals surface area contributed by atoms with Crippen molar-refractivity contribution in [2.45, 2.75) is 126 Å². The molecule has 1 aliphatic heterocycles. The first kappa shape index (κ1) is 62.2. The highest BCUT2D eigenvalue weighted by Gasteiger charge is 2.38. The minimum absolute atomic E-state index is 0.0723. The molecule has 0 unspecified atom stereocenters. The number of esters is 1. The van der Waals surface area contributed by atoms with Crippen molar-refractivity contribution in [3.05, 3.63) is 30.0 Å². The first-order valence-corrected chi connectivity index (χ1v) is 24.1. The van der Waals surface area contributed by atoms with Crippen LogP contribution in [0.2, 0.25) is 0 Å². The largest absolute Gasteiger partial charge is 0.464 e. The number of likely N-dealkylation sites (tertiary alicyclic amines) is 1. The molecule has 0 spiro atoms. The van der Waals surface area contributed by atoms with E-state index < -0.39 is 109 Å². The van der Waals surface area contributed by atoms with Gasteiger partial charge in [0.1, 0.15) is 41.6 Å². The van der Waals surface area contributed by atoms with E-state index in [2.05, 4.69) is 52.2 Å². The summed E-state index contributed by atoms with van der Waals surface area (Å²) in [7, 11) is 1.12. The van der Waals surface area contributed by atoms with Crippen LogP contribution in [0.25, 0.3) is 0 Å². The van der Waals surface area contributed by atoms with E-state index in [0.717, 1.165) is 7.11 Å². The number of guanidine groups is 1. The normalized spacial score (nSPS) is 16.1. The number of aliphatic hydroxyl groups is 1. The molecule has 2 rings (SSSR count). The van der Waals surface area contributed by atoms with Crippen LogP contribution in [0, 0.1) is 5.41 Å². The Kier molecular flexibility index (Phi) is 28.7. The Bertz CT molecular complexity index is 2070. The zero-order chi connectivity index (χ0) is 54.5. The number of nitrogens with two attached hydrogens (primary N) is 6. The molecule has 1 saturated heterocycles. The molecule has 22 N–H and O–H groups in total. The molecule has 0 radical (unpaired) electrons. The van der Waals surface area contributed by atoms with Gasteiger partial charge in [0.15, 0.2) is 5.96 Å². The van der Waals surface area contributed by atoms with Crippen molar-refractivity contribution in [3.63, 3.8) is 0 Å². The van der Waals surface area contributed by atoms with Gasteiger partial charge in [-0.3, -0.25) is 43.8 Å². The topological polar surface area (TPSA) is 492 Å². The van der Waals surface area contributed by atoms with Crippen LogP contribution in [0.3, 0.4) is 0 Å². The number of aliphatic hydroxyl groups excluding tert-OH is 1. The predicted octanol–water partition coefficient (Wildman–Crippen LogP) is -6.32. The van der Waals surface area contributed by atoms with Crippen LogP contribution in [0.5, 0.6) is 0 Å². The number of amides is 8. The zero-order valence-electron chi connectivity index (χ0n) is 41.5. The summed E-state index contributed by atoms with van der Waals surface area (Å²) in [6.45, 7) is 1.17. The fourth-order valence-electron chi connectivity index (χ4n) is 7.24. The van der Waals surface area contributed by atoms with Gasteiger partial charge in [-0.2, -0.15) is 0 Å². The second kappa shape index (κ2) is 33.7. The van der Waals surface area contributed by atoms with E-state index in [1.54, 1.807) is 0 Å². The van der Waals surface area contributed by atoms with Gasteiger partial charge in [-0.05, 0) is 90.8 Å². The van der Waals surface area contributed by atoms with Gasteiger partial charge in [0.25, 0.3) is 11.8 Å². The van der Waals surface area contributed by atoms with Crippen LogP contribution < -0.4 is 71.6 Å². The number of unbranched alkanes of at least 4 members (excludes halogenated alkanes) is 2. The van der Waals surface area contributed by atoms with Crippen LogP contribution in [-0.4, -0.2) is 180 Å². The molecule has 0 bridgehead atoms. The van der Waals surface area contributed by atoms with Crippen LogP contribution in [-0.2, 0) is 54.3 Å². The minimum Gasteiger partial charge on any atom is -0.464 e. The van der Waals surface area contributed by atoms with Crippen LogP contribution >= 0.6 is 0 Å².